The van der Waals surface area contributed by atoms with Crippen molar-refractivity contribution in [3.8, 4) is 0 Å². The maximum Gasteiger partial charge on any atom is 0.393 e. The van der Waals surface area contributed by atoms with E-state index in [1.54, 1.807) is 18.3 Å². The van der Waals surface area contributed by atoms with E-state index in [2.05, 4.69) is 25.9 Å². The van der Waals surface area contributed by atoms with Gasteiger partial charge in [0, 0.05) is 31.2 Å². The van der Waals surface area contributed by atoms with Crippen molar-refractivity contribution in [2.75, 3.05) is 6.54 Å². The van der Waals surface area contributed by atoms with E-state index < -0.39 is 54.5 Å². The molecule has 1 amide bonds. The fraction of sp³-hybridized carbons (Fsp3) is 0.630. The monoisotopic (exact) mass is 582 g/mol. The van der Waals surface area contributed by atoms with E-state index in [4.69, 9.17) is 4.52 Å². The summed E-state index contributed by atoms with van der Waals surface area (Å²) in [5.41, 5.74) is 2.03. The minimum atomic E-state index is -4.37. The fourth-order valence-corrected chi connectivity index (χ4v) is 6.13. The maximum absolute atomic E-state index is 14.5. The van der Waals surface area contributed by atoms with Crippen LogP contribution in [-0.2, 0) is 6.42 Å². The quantitative estimate of drug-likeness (QED) is 0.350. The number of amides is 1. The third kappa shape index (κ3) is 6.08. The first-order valence-electron chi connectivity index (χ1n) is 13.9. The highest BCUT2D eigenvalue weighted by atomic mass is 19.4. The van der Waals surface area contributed by atoms with Gasteiger partial charge in [-0.15, -0.1) is 0 Å². The van der Waals surface area contributed by atoms with Crippen LogP contribution in [0.3, 0.4) is 0 Å². The summed E-state index contributed by atoms with van der Waals surface area (Å²) in [7, 11) is 0. The van der Waals surface area contributed by atoms with Crippen LogP contribution < -0.4 is 10.6 Å². The standard InChI is InChI=1S/C27H31F5N6O3/c28-26(29)7-1-2-15(10-26)23(35-25(40)19-13-41-37-22(19)14-3-4-14)20-12-38-21(34-20)6-5-18(36-38)9-16-8-17(27(30,31)32)11-33-24(16)39/h5-6,12-17,23-24,33,39H,1-4,7-11H2,(H,35,40)/t15-,16?,17+,23-,24?/m0/s1. The number of hydrogen-bond acceptors (Lipinski definition) is 7. The molecule has 9 nitrogen and oxygen atoms in total. The van der Waals surface area contributed by atoms with Crippen LogP contribution in [0.5, 0.6) is 0 Å². The highest BCUT2D eigenvalue weighted by Gasteiger charge is 2.45. The Hall–Kier alpha value is -3.13. The molecule has 5 atom stereocenters. The number of imidazole rings is 1. The number of carbonyl (C=O) groups excluding carboxylic acids is 1. The maximum atomic E-state index is 14.5. The molecule has 41 heavy (non-hydrogen) atoms. The molecule has 2 aliphatic carbocycles. The zero-order valence-corrected chi connectivity index (χ0v) is 22.1. The number of carbonyl (C=O) groups is 1. The highest BCUT2D eigenvalue weighted by molar-refractivity contribution is 5.95. The number of nitrogens with zero attached hydrogens (tertiary/aromatic N) is 4. The largest absolute Gasteiger partial charge is 0.393 e. The van der Waals surface area contributed by atoms with E-state index in [-0.39, 0.29) is 37.3 Å². The molecule has 0 spiro atoms. The number of piperidine rings is 1. The number of rotatable bonds is 7. The number of hydrogen-bond donors (Lipinski definition) is 3. The zero-order valence-electron chi connectivity index (χ0n) is 22.1. The average Bonchev–Trinajstić information content (AvgIpc) is 3.47. The number of aliphatic hydroxyl groups excluding tert-OH is 1. The van der Waals surface area contributed by atoms with Gasteiger partial charge in [-0.1, -0.05) is 5.16 Å². The Balaban J connectivity index is 1.26. The number of fused-ring (bicyclic) bond motifs is 1. The van der Waals surface area contributed by atoms with Crippen molar-refractivity contribution < 1.29 is 36.4 Å². The molecular formula is C27H31F5N6O3. The van der Waals surface area contributed by atoms with Gasteiger partial charge in [-0.25, -0.2) is 18.3 Å². The lowest BCUT2D eigenvalue weighted by molar-refractivity contribution is -0.190. The first kappa shape index (κ1) is 28.0. The van der Waals surface area contributed by atoms with Crippen molar-refractivity contribution in [1.82, 2.24) is 30.4 Å². The lowest BCUT2D eigenvalue weighted by Gasteiger charge is -2.35. The van der Waals surface area contributed by atoms with Gasteiger partial charge in [0.2, 0.25) is 5.92 Å². The molecule has 6 rings (SSSR count). The van der Waals surface area contributed by atoms with Gasteiger partial charge < -0.3 is 14.9 Å². The van der Waals surface area contributed by atoms with Gasteiger partial charge >= 0.3 is 6.18 Å². The Morgan fingerprint density at radius 2 is 2.07 bits per heavy atom. The van der Waals surface area contributed by atoms with Gasteiger partial charge in [0.15, 0.2) is 5.65 Å². The van der Waals surface area contributed by atoms with Crippen LogP contribution in [0.25, 0.3) is 5.65 Å². The Labute approximate surface area is 231 Å². The summed E-state index contributed by atoms with van der Waals surface area (Å²) in [5.74, 6) is -6.05. The molecular weight excluding hydrogens is 551 g/mol. The van der Waals surface area contributed by atoms with Crippen LogP contribution in [-0.4, -0.2) is 55.6 Å². The Kier molecular flexibility index (Phi) is 7.25. The molecule has 3 aromatic rings. The molecule has 0 bridgehead atoms. The fourth-order valence-electron chi connectivity index (χ4n) is 6.13. The summed E-state index contributed by atoms with van der Waals surface area (Å²) in [6.45, 7) is -0.344. The minimum absolute atomic E-state index is 0.0939. The van der Waals surface area contributed by atoms with Crippen molar-refractivity contribution in [2.24, 2.45) is 17.8 Å². The molecule has 1 aliphatic heterocycles. The number of aromatic nitrogens is 4. The molecule has 3 aliphatic rings. The summed E-state index contributed by atoms with van der Waals surface area (Å²) in [6, 6.07) is 2.42. The van der Waals surface area contributed by atoms with Gasteiger partial charge in [0.25, 0.3) is 5.91 Å². The molecule has 3 N–H and O–H groups in total. The predicted octanol–water partition coefficient (Wildman–Crippen LogP) is 4.54. The molecule has 1 saturated heterocycles. The van der Waals surface area contributed by atoms with Crippen LogP contribution in [0, 0.1) is 17.8 Å². The molecule has 0 radical (unpaired) electrons. The van der Waals surface area contributed by atoms with E-state index in [0.717, 1.165) is 12.8 Å². The summed E-state index contributed by atoms with van der Waals surface area (Å²) in [4.78, 5) is 17.9. The van der Waals surface area contributed by atoms with Gasteiger partial charge in [-0.05, 0) is 56.6 Å². The average molecular weight is 583 g/mol. The normalized spacial score (nSPS) is 27.6. The van der Waals surface area contributed by atoms with Gasteiger partial charge in [-0.2, -0.15) is 18.3 Å². The molecule has 2 unspecified atom stereocenters. The van der Waals surface area contributed by atoms with E-state index in [1.165, 1.54) is 10.8 Å². The molecule has 2 saturated carbocycles. The topological polar surface area (TPSA) is 118 Å². The number of aliphatic hydroxyl groups is 1. The van der Waals surface area contributed by atoms with Gasteiger partial charge in [0.05, 0.1) is 35.2 Å². The molecule has 4 heterocycles. The van der Waals surface area contributed by atoms with Crippen molar-refractivity contribution in [2.45, 2.75) is 81.7 Å². The molecule has 0 aromatic carbocycles. The summed E-state index contributed by atoms with van der Waals surface area (Å²) in [6.07, 6.45) is -0.837. The Morgan fingerprint density at radius 3 is 2.80 bits per heavy atom. The molecule has 3 aromatic heterocycles. The van der Waals surface area contributed by atoms with Crippen LogP contribution in [0.4, 0.5) is 22.0 Å². The second-order valence-electron chi connectivity index (χ2n) is 11.6. The van der Waals surface area contributed by atoms with E-state index in [0.29, 0.717) is 35.6 Å². The lowest BCUT2D eigenvalue weighted by Crippen LogP contribution is -2.50. The molecule has 222 valence electrons. The zero-order chi connectivity index (χ0) is 28.9. The lowest BCUT2D eigenvalue weighted by atomic mass is 9.80. The first-order valence-corrected chi connectivity index (χ1v) is 13.9. The second kappa shape index (κ2) is 10.6. The van der Waals surface area contributed by atoms with E-state index in [9.17, 15) is 31.9 Å². The predicted molar refractivity (Wildman–Crippen MR) is 134 cm³/mol. The van der Waals surface area contributed by atoms with Crippen LogP contribution in [0.2, 0.25) is 0 Å². The van der Waals surface area contributed by atoms with Crippen molar-refractivity contribution in [3.05, 3.63) is 47.2 Å². The second-order valence-corrected chi connectivity index (χ2v) is 11.6. The third-order valence-electron chi connectivity index (χ3n) is 8.50. The van der Waals surface area contributed by atoms with Crippen LogP contribution in [0.15, 0.2) is 29.1 Å². The third-order valence-corrected chi connectivity index (χ3v) is 8.50. The van der Waals surface area contributed by atoms with Crippen molar-refractivity contribution in [3.63, 3.8) is 0 Å². The van der Waals surface area contributed by atoms with Crippen LogP contribution in [0.1, 0.15) is 84.3 Å². The summed E-state index contributed by atoms with van der Waals surface area (Å²) in [5, 5.41) is 24.2. The number of halogens is 5. The Morgan fingerprint density at radius 1 is 1.27 bits per heavy atom. The highest BCUT2D eigenvalue weighted by Crippen LogP contribution is 2.43. The number of nitrogens with one attached hydrogen (secondary N) is 2. The number of alkyl halides is 5. The smallest absolute Gasteiger partial charge is 0.378 e. The van der Waals surface area contributed by atoms with E-state index in [1.807, 2.05) is 0 Å². The summed E-state index contributed by atoms with van der Waals surface area (Å²) < 4.78 is 75.2. The van der Waals surface area contributed by atoms with E-state index >= 15 is 0 Å². The van der Waals surface area contributed by atoms with Gasteiger partial charge in [-0.3, -0.25) is 10.1 Å². The Bertz CT molecular complexity index is 1400. The van der Waals surface area contributed by atoms with Gasteiger partial charge in [0.1, 0.15) is 18.1 Å². The minimum Gasteiger partial charge on any atom is -0.378 e. The molecule has 3 fully saturated rings. The van der Waals surface area contributed by atoms with Crippen molar-refractivity contribution in [1.29, 1.82) is 0 Å². The SMILES string of the molecule is O=C(N[C@H](c1cn2nc(CC3C[C@@H](C(F)(F)F)CNC3O)ccc2n1)[C@H]1CCCC(F)(F)C1)c1conc1C1CC1. The first-order chi connectivity index (χ1) is 19.5. The van der Waals surface area contributed by atoms with Crippen molar-refractivity contribution >= 4 is 11.6 Å². The summed E-state index contributed by atoms with van der Waals surface area (Å²) >= 11 is 0. The van der Waals surface area contributed by atoms with Crippen LogP contribution >= 0.6 is 0 Å². The molecule has 14 heteroatoms.